The first-order valence-corrected chi connectivity index (χ1v) is 9.12. The maximum absolute atomic E-state index is 11.7. The predicted molar refractivity (Wildman–Crippen MR) is 97.4 cm³/mol. The number of rotatable bonds is 5. The van der Waals surface area contributed by atoms with Crippen molar-refractivity contribution < 1.29 is 14.3 Å². The molecular weight excluding hydrogens is 330 g/mol. The number of primary amides is 1. The zero-order chi connectivity index (χ0) is 18.7. The zero-order valence-electron chi connectivity index (χ0n) is 15.1. The van der Waals surface area contributed by atoms with E-state index in [1.807, 2.05) is 18.2 Å². The van der Waals surface area contributed by atoms with Crippen molar-refractivity contribution in [1.82, 2.24) is 0 Å². The van der Waals surface area contributed by atoms with Crippen molar-refractivity contribution in [3.05, 3.63) is 23.8 Å². The van der Waals surface area contributed by atoms with E-state index >= 15 is 0 Å². The Hall–Kier alpha value is -2.55. The molecular formula is C20H25N3O3. The van der Waals surface area contributed by atoms with Crippen LogP contribution in [0.15, 0.2) is 18.2 Å². The molecule has 2 atom stereocenters. The molecule has 0 radical (unpaired) electrons. The molecule has 2 unspecified atom stereocenters. The van der Waals surface area contributed by atoms with Gasteiger partial charge < -0.3 is 20.6 Å². The first kappa shape index (κ1) is 18.2. The average Bonchev–Trinajstić information content (AvgIpc) is 3.15. The minimum absolute atomic E-state index is 0.176. The molecule has 2 saturated carbocycles. The van der Waals surface area contributed by atoms with Crippen molar-refractivity contribution in [3.8, 4) is 17.6 Å². The van der Waals surface area contributed by atoms with Gasteiger partial charge >= 0.3 is 0 Å². The molecule has 138 valence electrons. The molecule has 0 aliphatic heterocycles. The third-order valence-electron chi connectivity index (χ3n) is 5.66. The topological polar surface area (TPSA) is 109 Å². The zero-order valence-corrected chi connectivity index (χ0v) is 15.1. The van der Waals surface area contributed by atoms with E-state index in [1.54, 1.807) is 7.11 Å². The lowest BCUT2D eigenvalue weighted by atomic mass is 9.66. The molecule has 0 spiro atoms. The largest absolute Gasteiger partial charge is 0.493 e. The van der Waals surface area contributed by atoms with E-state index in [0.29, 0.717) is 30.1 Å². The van der Waals surface area contributed by atoms with Gasteiger partial charge in [-0.3, -0.25) is 4.79 Å². The van der Waals surface area contributed by atoms with Crippen molar-refractivity contribution in [2.75, 3.05) is 7.11 Å². The highest BCUT2D eigenvalue weighted by atomic mass is 16.5. The van der Waals surface area contributed by atoms with Crippen LogP contribution < -0.4 is 15.2 Å². The Kier molecular flexibility index (Phi) is 5.17. The Labute approximate surface area is 153 Å². The van der Waals surface area contributed by atoms with Gasteiger partial charge in [0.25, 0.3) is 0 Å². The van der Waals surface area contributed by atoms with Gasteiger partial charge in [0, 0.05) is 5.71 Å². The van der Waals surface area contributed by atoms with Gasteiger partial charge in [0.05, 0.1) is 30.6 Å². The normalized spacial score (nSPS) is 26.3. The minimum Gasteiger partial charge on any atom is -0.493 e. The molecule has 0 saturated heterocycles. The van der Waals surface area contributed by atoms with Crippen LogP contribution >= 0.6 is 0 Å². The lowest BCUT2D eigenvalue weighted by molar-refractivity contribution is -0.120. The van der Waals surface area contributed by atoms with Crippen molar-refractivity contribution in [1.29, 1.82) is 10.7 Å². The lowest BCUT2D eigenvalue weighted by Crippen LogP contribution is -2.42. The van der Waals surface area contributed by atoms with Crippen LogP contribution in [0.25, 0.3) is 0 Å². The molecule has 2 aliphatic rings. The summed E-state index contributed by atoms with van der Waals surface area (Å²) in [5, 5.41) is 17.9. The van der Waals surface area contributed by atoms with E-state index in [1.165, 1.54) is 0 Å². The summed E-state index contributed by atoms with van der Waals surface area (Å²) < 4.78 is 11.6. The van der Waals surface area contributed by atoms with Crippen molar-refractivity contribution in [3.63, 3.8) is 0 Å². The number of carbonyl (C=O) groups is 1. The lowest BCUT2D eigenvalue weighted by Gasteiger charge is -2.35. The van der Waals surface area contributed by atoms with E-state index in [9.17, 15) is 10.1 Å². The maximum Gasteiger partial charge on any atom is 0.226 e. The van der Waals surface area contributed by atoms with Crippen LogP contribution in [-0.4, -0.2) is 24.8 Å². The Morgan fingerprint density at radius 2 is 2.08 bits per heavy atom. The molecule has 0 bridgehead atoms. The molecule has 2 aliphatic carbocycles. The number of amides is 1. The Balaban J connectivity index is 1.94. The number of hydrogen-bond donors (Lipinski definition) is 2. The third kappa shape index (κ3) is 3.39. The fraction of sp³-hybridized carbons (Fsp3) is 0.550. The second-order valence-corrected chi connectivity index (χ2v) is 7.27. The number of hydrogen-bond acceptors (Lipinski definition) is 5. The first-order valence-electron chi connectivity index (χ1n) is 9.12. The molecule has 1 aromatic rings. The van der Waals surface area contributed by atoms with Crippen LogP contribution in [0.2, 0.25) is 0 Å². The number of nitrogens with one attached hydrogen (secondary N) is 1. The monoisotopic (exact) mass is 355 g/mol. The number of nitrogens with zero attached hydrogens (tertiary/aromatic N) is 1. The second-order valence-electron chi connectivity index (χ2n) is 7.27. The fourth-order valence-corrected chi connectivity index (χ4v) is 4.05. The number of nitriles is 1. The van der Waals surface area contributed by atoms with Crippen LogP contribution in [-0.2, 0) is 10.2 Å². The predicted octanol–water partition coefficient (Wildman–Crippen LogP) is 3.08. The molecule has 1 aromatic carbocycles. The van der Waals surface area contributed by atoms with Crippen molar-refractivity contribution >= 4 is 11.6 Å². The van der Waals surface area contributed by atoms with Gasteiger partial charge in [-0.1, -0.05) is 6.07 Å². The maximum atomic E-state index is 11.7. The van der Waals surface area contributed by atoms with E-state index in [-0.39, 0.29) is 12.5 Å². The standard InChI is InChI=1S/C20H25N3O3/c1-25-17-7-6-13(10-18(17)26-14-4-2-3-5-14)20(12-21)9-8-16(22)15(11-20)19(23)24/h6-7,10,14-15,22H,2-5,8-9,11H2,1H3,(H2,23,24). The van der Waals surface area contributed by atoms with Crippen LogP contribution in [0, 0.1) is 22.7 Å². The summed E-state index contributed by atoms with van der Waals surface area (Å²) in [5.41, 5.74) is 5.74. The smallest absolute Gasteiger partial charge is 0.226 e. The molecule has 6 nitrogen and oxygen atoms in total. The quantitative estimate of drug-likeness (QED) is 0.845. The molecule has 3 N–H and O–H groups in total. The van der Waals surface area contributed by atoms with Gasteiger partial charge in [-0.15, -0.1) is 0 Å². The summed E-state index contributed by atoms with van der Waals surface area (Å²) in [6.07, 6.45) is 5.69. The van der Waals surface area contributed by atoms with E-state index < -0.39 is 17.2 Å². The highest BCUT2D eigenvalue weighted by Crippen LogP contribution is 2.43. The Bertz CT molecular complexity index is 749. The summed E-state index contributed by atoms with van der Waals surface area (Å²) in [7, 11) is 1.60. The van der Waals surface area contributed by atoms with Crippen LogP contribution in [0.5, 0.6) is 11.5 Å². The summed E-state index contributed by atoms with van der Waals surface area (Å²) in [5.74, 6) is 0.0570. The average molecular weight is 355 g/mol. The Morgan fingerprint density at radius 1 is 1.35 bits per heavy atom. The number of ether oxygens (including phenoxy) is 2. The molecule has 6 heteroatoms. The molecule has 3 rings (SSSR count). The molecule has 0 aromatic heterocycles. The van der Waals surface area contributed by atoms with Crippen LogP contribution in [0.4, 0.5) is 0 Å². The summed E-state index contributed by atoms with van der Waals surface area (Å²) >= 11 is 0. The number of nitrogens with two attached hydrogens (primary N) is 1. The summed E-state index contributed by atoms with van der Waals surface area (Å²) in [6.45, 7) is 0. The minimum atomic E-state index is -0.843. The van der Waals surface area contributed by atoms with Gasteiger partial charge in [-0.2, -0.15) is 5.26 Å². The van der Waals surface area contributed by atoms with Crippen molar-refractivity contribution in [2.45, 2.75) is 56.5 Å². The molecule has 26 heavy (non-hydrogen) atoms. The van der Waals surface area contributed by atoms with Crippen LogP contribution in [0.3, 0.4) is 0 Å². The summed E-state index contributed by atoms with van der Waals surface area (Å²) in [4.78, 5) is 11.7. The summed E-state index contributed by atoms with van der Waals surface area (Å²) in [6, 6.07) is 7.94. The highest BCUT2D eigenvalue weighted by molar-refractivity contribution is 6.03. The van der Waals surface area contributed by atoms with Gasteiger partial charge in [-0.25, -0.2) is 0 Å². The number of methoxy groups -OCH3 is 1. The Morgan fingerprint density at radius 3 is 2.69 bits per heavy atom. The van der Waals surface area contributed by atoms with Crippen LogP contribution in [0.1, 0.15) is 50.5 Å². The highest BCUT2D eigenvalue weighted by Gasteiger charge is 2.43. The van der Waals surface area contributed by atoms with Gasteiger partial charge in [0.2, 0.25) is 5.91 Å². The first-order chi connectivity index (χ1) is 12.5. The van der Waals surface area contributed by atoms with E-state index in [0.717, 1.165) is 31.2 Å². The van der Waals surface area contributed by atoms with Crippen molar-refractivity contribution in [2.24, 2.45) is 11.7 Å². The van der Waals surface area contributed by atoms with E-state index in [4.69, 9.17) is 20.6 Å². The van der Waals surface area contributed by atoms with Gasteiger partial charge in [0.15, 0.2) is 11.5 Å². The van der Waals surface area contributed by atoms with Gasteiger partial charge in [0.1, 0.15) is 0 Å². The number of benzene rings is 1. The second kappa shape index (κ2) is 7.36. The fourth-order valence-electron chi connectivity index (χ4n) is 4.05. The molecule has 0 heterocycles. The molecule has 1 amide bonds. The third-order valence-corrected chi connectivity index (χ3v) is 5.66. The molecule has 2 fully saturated rings. The number of carbonyl (C=O) groups excluding carboxylic acids is 1. The van der Waals surface area contributed by atoms with E-state index in [2.05, 4.69) is 6.07 Å². The van der Waals surface area contributed by atoms with Gasteiger partial charge in [-0.05, 0) is 62.6 Å². The SMILES string of the molecule is COc1ccc(C2(C#N)CCC(=N)C(C(N)=O)C2)cc1OC1CCCC1.